The Morgan fingerprint density at radius 2 is 1.89 bits per heavy atom. The number of fused-ring (bicyclic) bond motifs is 2. The topological polar surface area (TPSA) is 134 Å². The molecule has 0 saturated carbocycles. The van der Waals surface area contributed by atoms with Gasteiger partial charge in [-0.3, -0.25) is 19.0 Å². The number of aromatic nitrogens is 4. The Labute approximate surface area is 213 Å². The van der Waals surface area contributed by atoms with Crippen LogP contribution in [0, 0.1) is 11.8 Å². The lowest BCUT2D eigenvalue weighted by Crippen LogP contribution is -2.44. The minimum atomic E-state index is -0.731. The number of carbonyl (C=O) groups is 1. The number of primary amides is 1. The molecule has 2 aromatic heterocycles. The normalized spacial score (nSPS) is 15.6. The fraction of sp³-hybridized carbons (Fsp3) is 0.333. The number of piperidine rings is 1. The first kappa shape index (κ1) is 24.3. The molecule has 1 atom stereocenters. The molecule has 1 aliphatic rings. The van der Waals surface area contributed by atoms with E-state index in [2.05, 4.69) is 16.8 Å². The van der Waals surface area contributed by atoms with Gasteiger partial charge in [-0.2, -0.15) is 0 Å². The number of nitrogens with two attached hydrogens (primary N) is 2. The van der Waals surface area contributed by atoms with E-state index in [-0.39, 0.29) is 30.2 Å². The highest BCUT2D eigenvalue weighted by Crippen LogP contribution is 2.23. The molecule has 190 valence electrons. The van der Waals surface area contributed by atoms with Gasteiger partial charge in [0.1, 0.15) is 12.1 Å². The predicted molar refractivity (Wildman–Crippen MR) is 143 cm³/mol. The van der Waals surface area contributed by atoms with Crippen molar-refractivity contribution in [2.45, 2.75) is 45.4 Å². The first-order valence-corrected chi connectivity index (χ1v) is 12.3. The molecular formula is C27H29N7O3. The molecule has 0 spiro atoms. The van der Waals surface area contributed by atoms with Crippen molar-refractivity contribution in [3.63, 3.8) is 0 Å². The number of benzene rings is 2. The van der Waals surface area contributed by atoms with E-state index in [4.69, 9.17) is 11.5 Å². The molecule has 1 unspecified atom stereocenters. The van der Waals surface area contributed by atoms with Crippen LogP contribution in [0.4, 0.5) is 5.95 Å². The van der Waals surface area contributed by atoms with Gasteiger partial charge in [-0.1, -0.05) is 48.4 Å². The van der Waals surface area contributed by atoms with E-state index in [0.29, 0.717) is 19.0 Å². The van der Waals surface area contributed by atoms with Crippen LogP contribution in [-0.4, -0.2) is 44.0 Å². The monoisotopic (exact) mass is 499 g/mol. The van der Waals surface area contributed by atoms with E-state index in [1.807, 2.05) is 47.4 Å². The van der Waals surface area contributed by atoms with Crippen molar-refractivity contribution in [2.24, 2.45) is 11.5 Å². The Hall–Kier alpha value is -4.36. The number of nitrogens with zero attached hydrogens (tertiary/aromatic N) is 5. The van der Waals surface area contributed by atoms with E-state index in [0.717, 1.165) is 33.9 Å². The van der Waals surface area contributed by atoms with Crippen molar-refractivity contribution in [3.8, 4) is 11.8 Å². The summed E-state index contributed by atoms with van der Waals surface area (Å²) in [5, 5.41) is 1.95. The van der Waals surface area contributed by atoms with Gasteiger partial charge in [0.2, 0.25) is 11.9 Å². The summed E-state index contributed by atoms with van der Waals surface area (Å²) in [5.74, 6) is 5.62. The van der Waals surface area contributed by atoms with Crippen LogP contribution in [0.15, 0.2) is 52.1 Å². The lowest BCUT2D eigenvalue weighted by molar-refractivity contribution is -0.119. The molecule has 10 heteroatoms. The number of imidazole rings is 1. The van der Waals surface area contributed by atoms with Crippen LogP contribution in [0.5, 0.6) is 0 Å². The maximum atomic E-state index is 14.1. The smallest absolute Gasteiger partial charge is 0.294 e. The van der Waals surface area contributed by atoms with Crippen molar-refractivity contribution in [2.75, 3.05) is 18.0 Å². The van der Waals surface area contributed by atoms with E-state index in [9.17, 15) is 14.4 Å². The molecule has 0 aliphatic carbocycles. The van der Waals surface area contributed by atoms with Crippen LogP contribution in [-0.2, 0) is 24.4 Å². The third-order valence-electron chi connectivity index (χ3n) is 6.77. The van der Waals surface area contributed by atoms with Crippen molar-refractivity contribution >= 4 is 33.7 Å². The molecule has 4 aromatic rings. The summed E-state index contributed by atoms with van der Waals surface area (Å²) in [7, 11) is 0. The first-order valence-electron chi connectivity index (χ1n) is 12.3. The summed E-state index contributed by atoms with van der Waals surface area (Å²) in [6.45, 7) is 2.80. The maximum absolute atomic E-state index is 14.1. The summed E-state index contributed by atoms with van der Waals surface area (Å²) in [4.78, 5) is 46.4. The fourth-order valence-corrected chi connectivity index (χ4v) is 5.07. The van der Waals surface area contributed by atoms with E-state index in [1.54, 1.807) is 11.5 Å². The van der Waals surface area contributed by atoms with Gasteiger partial charge in [-0.25, -0.2) is 14.3 Å². The zero-order valence-electron chi connectivity index (χ0n) is 20.7. The molecule has 0 radical (unpaired) electrons. The number of hydrogen-bond donors (Lipinski definition) is 2. The number of hydrogen-bond acceptors (Lipinski definition) is 6. The van der Waals surface area contributed by atoms with Crippen molar-refractivity contribution in [1.82, 2.24) is 18.9 Å². The minimum Gasteiger partial charge on any atom is -0.368 e. The van der Waals surface area contributed by atoms with Gasteiger partial charge in [-0.15, -0.1) is 5.92 Å². The Kier molecular flexibility index (Phi) is 6.54. The second kappa shape index (κ2) is 9.95. The summed E-state index contributed by atoms with van der Waals surface area (Å²) >= 11 is 0. The van der Waals surface area contributed by atoms with Crippen LogP contribution < -0.4 is 27.5 Å². The molecule has 5 rings (SSSR count). The zero-order valence-corrected chi connectivity index (χ0v) is 20.7. The Morgan fingerprint density at radius 3 is 2.65 bits per heavy atom. The van der Waals surface area contributed by atoms with Crippen LogP contribution in [0.25, 0.3) is 21.8 Å². The maximum Gasteiger partial charge on any atom is 0.294 e. The van der Waals surface area contributed by atoms with Gasteiger partial charge < -0.3 is 16.4 Å². The highest BCUT2D eigenvalue weighted by Gasteiger charge is 2.27. The molecule has 1 amide bonds. The first-order chi connectivity index (χ1) is 17.9. The van der Waals surface area contributed by atoms with E-state index >= 15 is 0 Å². The highest BCUT2D eigenvalue weighted by molar-refractivity contribution is 5.85. The lowest BCUT2D eigenvalue weighted by Gasteiger charge is -2.31. The molecule has 0 bridgehead atoms. The molecule has 1 fully saturated rings. The van der Waals surface area contributed by atoms with Gasteiger partial charge in [0, 0.05) is 19.1 Å². The van der Waals surface area contributed by atoms with Crippen LogP contribution in [0.2, 0.25) is 0 Å². The predicted octanol–water partition coefficient (Wildman–Crippen LogP) is 0.997. The molecule has 10 nitrogen and oxygen atoms in total. The average Bonchev–Trinajstić information content (AvgIpc) is 3.28. The van der Waals surface area contributed by atoms with Gasteiger partial charge in [0.25, 0.3) is 11.1 Å². The molecule has 1 aliphatic heterocycles. The highest BCUT2D eigenvalue weighted by atomic mass is 16.2. The van der Waals surface area contributed by atoms with E-state index in [1.165, 1.54) is 4.68 Å². The van der Waals surface area contributed by atoms with Crippen molar-refractivity contribution in [3.05, 3.63) is 68.7 Å². The molecule has 37 heavy (non-hydrogen) atoms. The fourth-order valence-electron chi connectivity index (χ4n) is 5.07. The lowest BCUT2D eigenvalue weighted by atomic mass is 10.0. The summed E-state index contributed by atoms with van der Waals surface area (Å²) in [5.41, 5.74) is 11.7. The van der Waals surface area contributed by atoms with Crippen molar-refractivity contribution in [1.29, 1.82) is 0 Å². The Bertz CT molecular complexity index is 1680. The summed E-state index contributed by atoms with van der Waals surface area (Å²) in [6, 6.07) is 13.6. The van der Waals surface area contributed by atoms with Gasteiger partial charge in [0.15, 0.2) is 5.52 Å². The third kappa shape index (κ3) is 4.49. The van der Waals surface area contributed by atoms with E-state index < -0.39 is 23.6 Å². The second-order valence-electron chi connectivity index (χ2n) is 9.30. The Morgan fingerprint density at radius 1 is 1.11 bits per heavy atom. The van der Waals surface area contributed by atoms with Gasteiger partial charge >= 0.3 is 0 Å². The number of amides is 1. The molecule has 3 heterocycles. The van der Waals surface area contributed by atoms with Crippen molar-refractivity contribution < 1.29 is 4.79 Å². The van der Waals surface area contributed by atoms with Crippen LogP contribution in [0.3, 0.4) is 0 Å². The SMILES string of the molecule is CC#CCn1c(N2CCCC(N)C2)nc2c(=O)n(CC(N)=O)n(Cc3cccc4ccccc34)c(=O)c21. The number of rotatable bonds is 6. The summed E-state index contributed by atoms with van der Waals surface area (Å²) in [6.07, 6.45) is 1.77. The Balaban J connectivity index is 1.77. The molecule has 1 saturated heterocycles. The average molecular weight is 500 g/mol. The number of anilines is 1. The minimum absolute atomic E-state index is 0.00697. The molecule has 4 N–H and O–H groups in total. The van der Waals surface area contributed by atoms with Gasteiger partial charge in [0.05, 0.1) is 13.1 Å². The largest absolute Gasteiger partial charge is 0.368 e. The van der Waals surface area contributed by atoms with Crippen LogP contribution in [0.1, 0.15) is 25.3 Å². The van der Waals surface area contributed by atoms with Crippen LogP contribution >= 0.6 is 0 Å². The second-order valence-corrected chi connectivity index (χ2v) is 9.30. The summed E-state index contributed by atoms with van der Waals surface area (Å²) < 4.78 is 4.09. The zero-order chi connectivity index (χ0) is 26.1. The quantitative estimate of drug-likeness (QED) is 0.380. The van der Waals surface area contributed by atoms with Gasteiger partial charge in [-0.05, 0) is 36.1 Å². The molecule has 2 aromatic carbocycles. The molecular weight excluding hydrogens is 470 g/mol. The third-order valence-corrected chi connectivity index (χ3v) is 6.77. The number of carbonyl (C=O) groups excluding carboxylic acids is 1. The standard InChI is InChI=1S/C27H29N7O3/c1-2-3-14-32-24-23(30-27(32)31-13-7-11-20(28)16-31)25(36)34(17-22(29)35)33(26(24)37)15-19-10-6-9-18-8-4-5-12-21(18)19/h4-6,8-10,12,20H,7,11,13-17,28H2,1H3,(H2,29,35).